The standard InChI is InChI=1S/C14H20N4/c1-11(2)17-8-5-12(6-9-17)18-10-16-13-4-3-7-15-14(13)18/h3-4,7,10-12H,5-6,8-9H2,1-2H3. The molecule has 1 aliphatic rings. The highest BCUT2D eigenvalue weighted by Crippen LogP contribution is 2.26. The van der Waals surface area contributed by atoms with Crippen molar-refractivity contribution in [3.8, 4) is 0 Å². The van der Waals surface area contributed by atoms with Gasteiger partial charge in [0.25, 0.3) is 0 Å². The summed E-state index contributed by atoms with van der Waals surface area (Å²) in [6.07, 6.45) is 6.19. The lowest BCUT2D eigenvalue weighted by Gasteiger charge is -2.35. The van der Waals surface area contributed by atoms with Crippen LogP contribution in [-0.4, -0.2) is 38.6 Å². The third-order valence-electron chi connectivity index (χ3n) is 3.95. The molecule has 0 N–H and O–H groups in total. The largest absolute Gasteiger partial charge is 0.312 e. The van der Waals surface area contributed by atoms with Crippen molar-refractivity contribution in [1.29, 1.82) is 0 Å². The molecule has 0 amide bonds. The average Bonchev–Trinajstić information content (AvgIpc) is 2.82. The van der Waals surface area contributed by atoms with Gasteiger partial charge in [-0.05, 0) is 38.8 Å². The van der Waals surface area contributed by atoms with E-state index in [1.54, 1.807) is 0 Å². The zero-order valence-corrected chi connectivity index (χ0v) is 11.1. The first-order valence-electron chi connectivity index (χ1n) is 6.77. The summed E-state index contributed by atoms with van der Waals surface area (Å²) in [7, 11) is 0. The molecule has 0 saturated carbocycles. The summed E-state index contributed by atoms with van der Waals surface area (Å²) in [5, 5.41) is 0. The average molecular weight is 244 g/mol. The van der Waals surface area contributed by atoms with E-state index < -0.39 is 0 Å². The SMILES string of the molecule is CC(C)N1CCC(n2cnc3cccnc32)CC1. The molecule has 1 saturated heterocycles. The second-order valence-corrected chi connectivity index (χ2v) is 5.36. The molecule has 18 heavy (non-hydrogen) atoms. The van der Waals surface area contributed by atoms with Crippen LogP contribution in [-0.2, 0) is 0 Å². The number of nitrogens with zero attached hydrogens (tertiary/aromatic N) is 4. The van der Waals surface area contributed by atoms with Gasteiger partial charge >= 0.3 is 0 Å². The van der Waals surface area contributed by atoms with Gasteiger partial charge in [-0.25, -0.2) is 9.97 Å². The lowest BCUT2D eigenvalue weighted by molar-refractivity contribution is 0.153. The van der Waals surface area contributed by atoms with Crippen molar-refractivity contribution >= 4 is 11.2 Å². The summed E-state index contributed by atoms with van der Waals surface area (Å²) in [4.78, 5) is 11.4. The molecule has 0 unspecified atom stereocenters. The molecule has 1 fully saturated rings. The van der Waals surface area contributed by atoms with Crippen molar-refractivity contribution in [2.75, 3.05) is 13.1 Å². The lowest BCUT2D eigenvalue weighted by Crippen LogP contribution is -2.38. The first-order chi connectivity index (χ1) is 8.75. The lowest BCUT2D eigenvalue weighted by atomic mass is 10.0. The fourth-order valence-electron chi connectivity index (χ4n) is 2.81. The molecule has 2 aromatic heterocycles. The van der Waals surface area contributed by atoms with E-state index in [0.29, 0.717) is 12.1 Å². The molecule has 1 aliphatic heterocycles. The Balaban J connectivity index is 1.80. The predicted octanol–water partition coefficient (Wildman–Crippen LogP) is 2.48. The Morgan fingerprint density at radius 3 is 2.72 bits per heavy atom. The van der Waals surface area contributed by atoms with Crippen LogP contribution in [0.1, 0.15) is 32.7 Å². The Morgan fingerprint density at radius 1 is 1.22 bits per heavy atom. The van der Waals surface area contributed by atoms with Crippen LogP contribution in [0.4, 0.5) is 0 Å². The normalized spacial score (nSPS) is 18.8. The van der Waals surface area contributed by atoms with Crippen molar-refractivity contribution in [2.24, 2.45) is 0 Å². The molecular weight excluding hydrogens is 224 g/mol. The Labute approximate surface area is 108 Å². The smallest absolute Gasteiger partial charge is 0.160 e. The molecule has 0 aliphatic carbocycles. The minimum Gasteiger partial charge on any atom is -0.312 e. The number of fused-ring (bicyclic) bond motifs is 1. The molecule has 2 aromatic rings. The van der Waals surface area contributed by atoms with Gasteiger partial charge in [-0.15, -0.1) is 0 Å². The van der Waals surface area contributed by atoms with Gasteiger partial charge in [0.2, 0.25) is 0 Å². The van der Waals surface area contributed by atoms with Crippen LogP contribution in [0.3, 0.4) is 0 Å². The maximum absolute atomic E-state index is 4.46. The fourth-order valence-corrected chi connectivity index (χ4v) is 2.81. The van der Waals surface area contributed by atoms with Crippen LogP contribution < -0.4 is 0 Å². The van der Waals surface area contributed by atoms with Gasteiger partial charge in [-0.2, -0.15) is 0 Å². The van der Waals surface area contributed by atoms with E-state index in [0.717, 1.165) is 11.2 Å². The van der Waals surface area contributed by atoms with Gasteiger partial charge in [0.05, 0.1) is 6.33 Å². The molecular formula is C14H20N4. The van der Waals surface area contributed by atoms with Crippen LogP contribution in [0, 0.1) is 0 Å². The number of aromatic nitrogens is 3. The van der Waals surface area contributed by atoms with E-state index >= 15 is 0 Å². The Bertz CT molecular complexity index is 523. The van der Waals surface area contributed by atoms with E-state index in [4.69, 9.17) is 0 Å². The van der Waals surface area contributed by atoms with E-state index in [-0.39, 0.29) is 0 Å². The minimum absolute atomic E-state index is 0.555. The highest BCUT2D eigenvalue weighted by Gasteiger charge is 2.23. The Kier molecular flexibility index (Phi) is 3.04. The van der Waals surface area contributed by atoms with Crippen LogP contribution in [0.15, 0.2) is 24.7 Å². The number of imidazole rings is 1. The highest BCUT2D eigenvalue weighted by molar-refractivity contribution is 5.70. The van der Waals surface area contributed by atoms with Gasteiger partial charge in [-0.3, -0.25) is 0 Å². The molecule has 96 valence electrons. The van der Waals surface area contributed by atoms with Crippen molar-refractivity contribution in [3.63, 3.8) is 0 Å². The van der Waals surface area contributed by atoms with Gasteiger partial charge in [0, 0.05) is 31.4 Å². The molecule has 3 rings (SSSR count). The summed E-state index contributed by atoms with van der Waals surface area (Å²) in [6, 6.07) is 5.19. The molecule has 0 aromatic carbocycles. The van der Waals surface area contributed by atoms with Crippen molar-refractivity contribution in [2.45, 2.75) is 38.8 Å². The minimum atomic E-state index is 0.555. The molecule has 4 nitrogen and oxygen atoms in total. The predicted molar refractivity (Wildman–Crippen MR) is 72.5 cm³/mol. The summed E-state index contributed by atoms with van der Waals surface area (Å²) in [5.74, 6) is 0. The number of piperidine rings is 1. The van der Waals surface area contributed by atoms with Crippen LogP contribution in [0.25, 0.3) is 11.2 Å². The van der Waals surface area contributed by atoms with E-state index in [2.05, 4.69) is 33.3 Å². The molecule has 0 spiro atoms. The fraction of sp³-hybridized carbons (Fsp3) is 0.571. The van der Waals surface area contributed by atoms with Gasteiger partial charge in [0.15, 0.2) is 5.65 Å². The molecule has 0 atom stereocenters. The summed E-state index contributed by atoms with van der Waals surface area (Å²) in [5.41, 5.74) is 2.03. The summed E-state index contributed by atoms with van der Waals surface area (Å²) < 4.78 is 2.26. The highest BCUT2D eigenvalue weighted by atomic mass is 15.2. The van der Waals surface area contributed by atoms with Crippen LogP contribution >= 0.6 is 0 Å². The maximum Gasteiger partial charge on any atom is 0.160 e. The Morgan fingerprint density at radius 2 is 2.00 bits per heavy atom. The number of hydrogen-bond donors (Lipinski definition) is 0. The maximum atomic E-state index is 4.46. The number of likely N-dealkylation sites (tertiary alicyclic amines) is 1. The van der Waals surface area contributed by atoms with Crippen molar-refractivity contribution in [3.05, 3.63) is 24.7 Å². The van der Waals surface area contributed by atoms with E-state index in [1.165, 1.54) is 25.9 Å². The third-order valence-corrected chi connectivity index (χ3v) is 3.95. The van der Waals surface area contributed by atoms with Gasteiger partial charge < -0.3 is 9.47 Å². The number of hydrogen-bond acceptors (Lipinski definition) is 3. The zero-order valence-electron chi connectivity index (χ0n) is 11.1. The Hall–Kier alpha value is -1.42. The van der Waals surface area contributed by atoms with Gasteiger partial charge in [0.1, 0.15) is 5.52 Å². The molecule has 0 bridgehead atoms. The second-order valence-electron chi connectivity index (χ2n) is 5.36. The number of rotatable bonds is 2. The second kappa shape index (κ2) is 4.69. The van der Waals surface area contributed by atoms with Crippen molar-refractivity contribution in [1.82, 2.24) is 19.4 Å². The molecule has 3 heterocycles. The summed E-state index contributed by atoms with van der Waals surface area (Å²) >= 11 is 0. The summed E-state index contributed by atoms with van der Waals surface area (Å²) in [6.45, 7) is 6.90. The first-order valence-corrected chi connectivity index (χ1v) is 6.77. The monoisotopic (exact) mass is 244 g/mol. The molecule has 4 heteroatoms. The van der Waals surface area contributed by atoms with Gasteiger partial charge in [-0.1, -0.05) is 0 Å². The molecule has 0 radical (unpaired) electrons. The number of pyridine rings is 1. The first kappa shape index (κ1) is 11.7. The zero-order chi connectivity index (χ0) is 12.5. The quantitative estimate of drug-likeness (QED) is 0.814. The van der Waals surface area contributed by atoms with Crippen LogP contribution in [0.2, 0.25) is 0 Å². The topological polar surface area (TPSA) is 34.0 Å². The third kappa shape index (κ3) is 2.01. The van der Waals surface area contributed by atoms with E-state index in [9.17, 15) is 0 Å². The van der Waals surface area contributed by atoms with Crippen molar-refractivity contribution < 1.29 is 0 Å². The van der Waals surface area contributed by atoms with Crippen LogP contribution in [0.5, 0.6) is 0 Å². The van der Waals surface area contributed by atoms with E-state index in [1.807, 2.05) is 24.7 Å².